The van der Waals surface area contributed by atoms with Gasteiger partial charge in [0.1, 0.15) is 0 Å². The van der Waals surface area contributed by atoms with Crippen molar-refractivity contribution in [1.82, 2.24) is 55.1 Å². The maximum Gasteiger partial charge on any atom is 0.236 e. The molecule has 0 spiro atoms. The first kappa shape index (κ1) is 50.4. The Balaban J connectivity index is 0.000000188. The van der Waals surface area contributed by atoms with Crippen LogP contribution < -0.4 is 32.3 Å². The van der Waals surface area contributed by atoms with E-state index in [2.05, 4.69) is 46.5 Å². The van der Waals surface area contributed by atoms with Gasteiger partial charge < -0.3 is 45.3 Å². The predicted molar refractivity (Wildman–Crippen MR) is 263 cm³/mol. The van der Waals surface area contributed by atoms with E-state index in [1.54, 1.807) is 48.5 Å². The van der Waals surface area contributed by atoms with Crippen LogP contribution in [0.3, 0.4) is 0 Å². The number of halogens is 1. The minimum absolute atomic E-state index is 0.00124. The maximum absolute atomic E-state index is 13.1. The van der Waals surface area contributed by atoms with Gasteiger partial charge in [0.25, 0.3) is 0 Å². The van der Waals surface area contributed by atoms with Gasteiger partial charge in [0, 0.05) is 186 Å². The minimum Gasteiger partial charge on any atom is -0.360 e. The third-order valence-electron chi connectivity index (χ3n) is 12.6. The summed E-state index contributed by atoms with van der Waals surface area (Å²) in [5, 5.41) is 6.91. The molecule has 4 aromatic rings. The summed E-state index contributed by atoms with van der Waals surface area (Å²) in [6, 6.07) is 12.6. The highest BCUT2D eigenvalue weighted by Gasteiger charge is 2.24. The lowest BCUT2D eigenvalue weighted by atomic mass is 10.1. The van der Waals surface area contributed by atoms with Crippen LogP contribution in [0.15, 0.2) is 67.7 Å². The number of H-pyrrole nitrogens is 4. The van der Waals surface area contributed by atoms with Crippen molar-refractivity contribution in [3.63, 3.8) is 0 Å². The Bertz CT molecular complexity index is 2310. The molecule has 6 N–H and O–H groups in total. The predicted octanol–water partition coefficient (Wildman–Crippen LogP) is 2.76. The molecule has 8 bridgehead atoms. The molecule has 0 aromatic carbocycles. The molecule has 4 aromatic heterocycles. The highest BCUT2D eigenvalue weighted by Crippen LogP contribution is 2.16. The zero-order chi connectivity index (χ0) is 47.8. The lowest BCUT2D eigenvalue weighted by Crippen LogP contribution is -2.43. The molecule has 3 saturated heterocycles. The number of nitrogens with one attached hydrogen (secondary N) is 6. The first-order valence-electron chi connectivity index (χ1n) is 24.1. The molecular formula is C49H66BrN11O7. The fraction of sp³-hybridized carbons (Fsp3) is 0.531. The lowest BCUT2D eigenvalue weighted by molar-refractivity contribution is -0.134. The van der Waals surface area contributed by atoms with E-state index in [1.165, 1.54) is 19.3 Å². The molecule has 0 saturated carbocycles. The van der Waals surface area contributed by atoms with E-state index in [-0.39, 0.29) is 52.5 Å². The third kappa shape index (κ3) is 15.8. The fourth-order valence-corrected chi connectivity index (χ4v) is 9.79. The van der Waals surface area contributed by atoms with Crippen molar-refractivity contribution >= 4 is 33.7 Å². The number of likely N-dealkylation sites (tertiary alicyclic amines) is 3. The number of amides is 3. The van der Waals surface area contributed by atoms with Crippen molar-refractivity contribution < 1.29 is 14.4 Å². The molecule has 5 aliphatic rings. The van der Waals surface area contributed by atoms with Gasteiger partial charge in [-0.05, 0) is 57.8 Å². The monoisotopic (exact) mass is 999 g/mol. The second kappa shape index (κ2) is 25.2. The Morgan fingerprint density at radius 3 is 0.912 bits per heavy atom. The number of hydrogen-bond donors (Lipinski definition) is 6. The van der Waals surface area contributed by atoms with Crippen LogP contribution in [0.4, 0.5) is 0 Å². The summed E-state index contributed by atoms with van der Waals surface area (Å²) in [4.78, 5) is 109. The maximum atomic E-state index is 13.1. The molecule has 9 rings (SSSR count). The molecule has 19 heteroatoms. The Morgan fingerprint density at radius 2 is 0.632 bits per heavy atom. The van der Waals surface area contributed by atoms with E-state index in [9.17, 15) is 33.6 Å². The SMILES string of the molecule is O=C(CBr)N1CCCCC1.O=C(CN1Cc2cc(=O)cc([nH]2)CN(CC(=O)N2CCCCC2)Cc2cc(=O)cc([nH]2)C1)N1CCCCC1.O=c1cc2[nH]c(c1)CNCc1cc(=O)cc([nH]1)CNC2. The largest absolute Gasteiger partial charge is 0.360 e. The van der Waals surface area contributed by atoms with Crippen LogP contribution in [0.25, 0.3) is 0 Å². The molecule has 0 unspecified atom stereocenters. The van der Waals surface area contributed by atoms with Gasteiger partial charge >= 0.3 is 0 Å². The van der Waals surface area contributed by atoms with Crippen molar-refractivity contribution in [2.45, 2.75) is 110 Å². The summed E-state index contributed by atoms with van der Waals surface area (Å²) in [7, 11) is 0. The topological polar surface area (TPSA) is 223 Å². The van der Waals surface area contributed by atoms with Gasteiger partial charge in [-0.25, -0.2) is 0 Å². The Hall–Kier alpha value is -5.47. The van der Waals surface area contributed by atoms with E-state index in [4.69, 9.17) is 0 Å². The Labute approximate surface area is 404 Å². The number of carbonyl (C=O) groups excluding carboxylic acids is 3. The van der Waals surface area contributed by atoms with Crippen LogP contribution in [0, 0.1) is 0 Å². The number of rotatable bonds is 5. The first-order chi connectivity index (χ1) is 32.9. The van der Waals surface area contributed by atoms with Gasteiger partial charge in [-0.2, -0.15) is 0 Å². The molecule has 18 nitrogen and oxygen atoms in total. The molecule has 0 radical (unpaired) electrons. The normalized spacial score (nSPS) is 18.2. The van der Waals surface area contributed by atoms with E-state index in [0.29, 0.717) is 80.5 Å². The van der Waals surface area contributed by atoms with Gasteiger partial charge in [0.05, 0.1) is 18.4 Å². The molecular weight excluding hydrogens is 935 g/mol. The lowest BCUT2D eigenvalue weighted by Gasteiger charge is -2.31. The molecule has 3 fully saturated rings. The van der Waals surface area contributed by atoms with Crippen LogP contribution in [0.2, 0.25) is 0 Å². The molecule has 68 heavy (non-hydrogen) atoms. The van der Waals surface area contributed by atoms with Gasteiger partial charge in [0.15, 0.2) is 21.7 Å². The molecule has 0 aliphatic carbocycles. The number of hydrogen-bond acceptors (Lipinski definition) is 11. The van der Waals surface area contributed by atoms with Crippen molar-refractivity contribution in [2.75, 3.05) is 57.7 Å². The second-order valence-corrected chi connectivity index (χ2v) is 19.0. The standard InChI is InChI=1S/C28H38N6O4.C14H16N4O2.C7H12BrNO/c35-25-11-21-15-31(19-27(37)33-7-3-1-4-8-33)16-22-12-26(36)14-24(30-22)18-32(17-23(13-25)29-21)20-28(38)34-9-5-2-6-10-34;19-13-1-9-5-15-7-11-3-14(20)4-12(18-11)8-16-6-10(2-13)17-9;8-6-7(10)9-4-2-1-3-5-9/h11-14H,1-10,15-20H2,(H,29,35)(H,30,36);1-4,15-16H,5-8H2,(H,17,19)(H,18,20);1-6H2. The average molecular weight is 1000 g/mol. The van der Waals surface area contributed by atoms with Crippen molar-refractivity contribution in [2.24, 2.45) is 0 Å². The van der Waals surface area contributed by atoms with Crippen molar-refractivity contribution in [3.05, 3.63) is 135 Å². The molecule has 9 heterocycles. The zero-order valence-corrected chi connectivity index (χ0v) is 40.6. The number of aromatic nitrogens is 4. The number of alkyl halides is 1. The van der Waals surface area contributed by atoms with E-state index < -0.39 is 0 Å². The molecule has 0 atom stereocenters. The summed E-state index contributed by atoms with van der Waals surface area (Å²) >= 11 is 3.16. The van der Waals surface area contributed by atoms with Crippen LogP contribution in [0.5, 0.6) is 0 Å². The van der Waals surface area contributed by atoms with Gasteiger partial charge in [-0.3, -0.25) is 43.4 Å². The van der Waals surface area contributed by atoms with Crippen LogP contribution >= 0.6 is 15.9 Å². The van der Waals surface area contributed by atoms with Gasteiger partial charge in [-0.1, -0.05) is 15.9 Å². The van der Waals surface area contributed by atoms with Gasteiger partial charge in [0.2, 0.25) is 17.7 Å². The molecule has 366 valence electrons. The minimum atomic E-state index is -0.109. The number of fused-ring (bicyclic) bond motifs is 8. The van der Waals surface area contributed by atoms with Crippen LogP contribution in [-0.4, -0.2) is 120 Å². The Morgan fingerprint density at radius 1 is 0.382 bits per heavy atom. The zero-order valence-electron chi connectivity index (χ0n) is 39.0. The summed E-state index contributed by atoms with van der Waals surface area (Å²) in [5.41, 5.74) is 5.98. The van der Waals surface area contributed by atoms with E-state index in [1.807, 2.05) is 24.5 Å². The third-order valence-corrected chi connectivity index (χ3v) is 13.1. The van der Waals surface area contributed by atoms with Crippen LogP contribution in [0.1, 0.15) is 103 Å². The number of nitrogens with zero attached hydrogens (tertiary/aromatic N) is 5. The van der Waals surface area contributed by atoms with Crippen molar-refractivity contribution in [1.29, 1.82) is 0 Å². The highest BCUT2D eigenvalue weighted by atomic mass is 79.9. The summed E-state index contributed by atoms with van der Waals surface area (Å²) in [6.45, 7) is 9.09. The smallest absolute Gasteiger partial charge is 0.236 e. The molecule has 5 aliphatic heterocycles. The highest BCUT2D eigenvalue weighted by molar-refractivity contribution is 9.09. The van der Waals surface area contributed by atoms with E-state index in [0.717, 1.165) is 101 Å². The van der Waals surface area contributed by atoms with Gasteiger partial charge in [-0.15, -0.1) is 0 Å². The van der Waals surface area contributed by atoms with Crippen LogP contribution in [-0.2, 0) is 66.7 Å². The van der Waals surface area contributed by atoms with E-state index >= 15 is 0 Å². The summed E-state index contributed by atoms with van der Waals surface area (Å²) in [5.74, 6) is 0.368. The summed E-state index contributed by atoms with van der Waals surface area (Å²) < 4.78 is 0. The number of piperidine rings is 3. The van der Waals surface area contributed by atoms with Crippen molar-refractivity contribution in [3.8, 4) is 0 Å². The quantitative estimate of drug-likeness (QED) is 0.160. The first-order valence-corrected chi connectivity index (χ1v) is 25.2. The second-order valence-electron chi connectivity index (χ2n) is 18.4. The summed E-state index contributed by atoms with van der Waals surface area (Å²) in [6.07, 6.45) is 10.0. The molecule has 3 amide bonds. The fourth-order valence-electron chi connectivity index (χ4n) is 9.44. The number of carbonyl (C=O) groups is 3. The number of pyridine rings is 4. The average Bonchev–Trinajstić information content (AvgIpc) is 3.31. The Kier molecular flexibility index (Phi) is 18.7. The number of aromatic amines is 4.